The van der Waals surface area contributed by atoms with Crippen LogP contribution in [0.1, 0.15) is 31.1 Å². The van der Waals surface area contributed by atoms with Crippen molar-refractivity contribution in [1.82, 2.24) is 4.90 Å². The number of carbonyl (C=O) groups is 1. The molecule has 16 heavy (non-hydrogen) atoms. The van der Waals surface area contributed by atoms with Gasteiger partial charge in [0.2, 0.25) is 0 Å². The molecule has 1 aromatic rings. The van der Waals surface area contributed by atoms with Gasteiger partial charge in [0.25, 0.3) is 0 Å². The second kappa shape index (κ2) is 5.26. The number of benzene rings is 1. The van der Waals surface area contributed by atoms with Crippen molar-refractivity contribution in [2.45, 2.75) is 20.8 Å². The van der Waals surface area contributed by atoms with Gasteiger partial charge in [0.15, 0.2) is 5.78 Å². The maximum absolute atomic E-state index is 11.9. The summed E-state index contributed by atoms with van der Waals surface area (Å²) in [5.74, 6) is 0.187. The summed E-state index contributed by atoms with van der Waals surface area (Å²) in [6.45, 7) is 7.94. The SMILES string of the molecule is CN(CC(=O)c1ccccc1)CC(C)(C)C. The Kier molecular flexibility index (Phi) is 4.25. The molecule has 2 nitrogen and oxygen atoms in total. The van der Waals surface area contributed by atoms with Gasteiger partial charge in [-0.2, -0.15) is 0 Å². The van der Waals surface area contributed by atoms with E-state index in [0.29, 0.717) is 6.54 Å². The second-order valence-electron chi connectivity index (χ2n) is 5.52. The minimum absolute atomic E-state index is 0.187. The fourth-order valence-corrected chi connectivity index (χ4v) is 1.83. The highest BCUT2D eigenvalue weighted by Crippen LogP contribution is 2.14. The number of carbonyl (C=O) groups excluding carboxylic acids is 1. The Morgan fingerprint density at radius 2 is 1.75 bits per heavy atom. The van der Waals surface area contributed by atoms with Crippen molar-refractivity contribution in [3.05, 3.63) is 35.9 Å². The van der Waals surface area contributed by atoms with E-state index < -0.39 is 0 Å². The lowest BCUT2D eigenvalue weighted by atomic mass is 9.96. The molecule has 1 aromatic carbocycles. The van der Waals surface area contributed by atoms with E-state index in [0.717, 1.165) is 12.1 Å². The lowest BCUT2D eigenvalue weighted by Gasteiger charge is -2.25. The molecule has 0 heterocycles. The van der Waals surface area contributed by atoms with Crippen LogP contribution in [-0.2, 0) is 0 Å². The zero-order valence-electron chi connectivity index (χ0n) is 10.7. The smallest absolute Gasteiger partial charge is 0.176 e. The Bertz CT molecular complexity index is 338. The number of hydrogen-bond acceptors (Lipinski definition) is 2. The first-order valence-corrected chi connectivity index (χ1v) is 5.65. The third-order valence-corrected chi connectivity index (χ3v) is 2.25. The van der Waals surface area contributed by atoms with E-state index in [1.807, 2.05) is 37.4 Å². The van der Waals surface area contributed by atoms with E-state index in [4.69, 9.17) is 0 Å². The fraction of sp³-hybridized carbons (Fsp3) is 0.500. The predicted molar refractivity (Wildman–Crippen MR) is 67.7 cm³/mol. The van der Waals surface area contributed by atoms with Crippen LogP contribution >= 0.6 is 0 Å². The summed E-state index contributed by atoms with van der Waals surface area (Å²) in [6.07, 6.45) is 0. The third kappa shape index (κ3) is 4.58. The molecule has 1 rings (SSSR count). The zero-order chi connectivity index (χ0) is 12.2. The maximum Gasteiger partial charge on any atom is 0.176 e. The molecule has 0 N–H and O–H groups in total. The Balaban J connectivity index is 2.53. The van der Waals surface area contributed by atoms with Gasteiger partial charge in [0.1, 0.15) is 0 Å². The summed E-state index contributed by atoms with van der Waals surface area (Å²) in [5.41, 5.74) is 1.02. The quantitative estimate of drug-likeness (QED) is 0.726. The number of hydrogen-bond donors (Lipinski definition) is 0. The number of Topliss-reactive ketones (excluding diaryl/α,β-unsaturated/α-hetero) is 1. The molecule has 2 heteroatoms. The van der Waals surface area contributed by atoms with E-state index >= 15 is 0 Å². The molecule has 0 aliphatic heterocycles. The van der Waals surface area contributed by atoms with Crippen LogP contribution < -0.4 is 0 Å². The molecule has 0 saturated heterocycles. The Labute approximate surface area is 98.3 Å². The topological polar surface area (TPSA) is 20.3 Å². The number of likely N-dealkylation sites (N-methyl/N-ethyl adjacent to an activating group) is 1. The van der Waals surface area contributed by atoms with E-state index in [1.54, 1.807) is 0 Å². The zero-order valence-corrected chi connectivity index (χ0v) is 10.7. The van der Waals surface area contributed by atoms with Crippen LogP contribution in [0.15, 0.2) is 30.3 Å². The van der Waals surface area contributed by atoms with Crippen molar-refractivity contribution in [2.24, 2.45) is 5.41 Å². The Morgan fingerprint density at radius 1 is 1.19 bits per heavy atom. The normalized spacial score (nSPS) is 11.8. The van der Waals surface area contributed by atoms with Gasteiger partial charge in [-0.3, -0.25) is 9.69 Å². The van der Waals surface area contributed by atoms with Crippen molar-refractivity contribution in [3.8, 4) is 0 Å². The van der Waals surface area contributed by atoms with Gasteiger partial charge in [-0.1, -0.05) is 51.1 Å². The number of ketones is 1. The Morgan fingerprint density at radius 3 is 2.25 bits per heavy atom. The minimum atomic E-state index is 0.187. The van der Waals surface area contributed by atoms with Gasteiger partial charge in [-0.15, -0.1) is 0 Å². The molecule has 88 valence electrons. The van der Waals surface area contributed by atoms with E-state index in [2.05, 4.69) is 25.7 Å². The second-order valence-corrected chi connectivity index (χ2v) is 5.52. The summed E-state index contributed by atoms with van der Waals surface area (Å²) >= 11 is 0. The third-order valence-electron chi connectivity index (χ3n) is 2.25. The average molecular weight is 219 g/mol. The molecule has 0 amide bonds. The van der Waals surface area contributed by atoms with Gasteiger partial charge < -0.3 is 0 Å². The number of rotatable bonds is 4. The first-order valence-electron chi connectivity index (χ1n) is 5.65. The highest BCUT2D eigenvalue weighted by molar-refractivity contribution is 5.97. The summed E-state index contributed by atoms with van der Waals surface area (Å²) in [5, 5.41) is 0. The summed E-state index contributed by atoms with van der Waals surface area (Å²) in [4.78, 5) is 14.0. The molecule has 0 fully saturated rings. The van der Waals surface area contributed by atoms with Crippen LogP contribution in [0.5, 0.6) is 0 Å². The van der Waals surface area contributed by atoms with Crippen molar-refractivity contribution < 1.29 is 4.79 Å². The standard InChI is InChI=1S/C14H21NO/c1-14(2,3)11-15(4)10-13(16)12-8-6-5-7-9-12/h5-9H,10-11H2,1-4H3. The minimum Gasteiger partial charge on any atom is -0.298 e. The molecule has 0 bridgehead atoms. The molecule has 0 spiro atoms. The summed E-state index contributed by atoms with van der Waals surface area (Å²) in [7, 11) is 1.99. The Hall–Kier alpha value is -1.15. The molecule has 0 aliphatic rings. The maximum atomic E-state index is 11.9. The highest BCUT2D eigenvalue weighted by Gasteiger charge is 2.16. The molecule has 0 aliphatic carbocycles. The van der Waals surface area contributed by atoms with Crippen LogP contribution in [0, 0.1) is 5.41 Å². The first kappa shape index (κ1) is 12.9. The van der Waals surface area contributed by atoms with Gasteiger partial charge in [-0.05, 0) is 12.5 Å². The molecule has 0 atom stereocenters. The van der Waals surface area contributed by atoms with E-state index in [-0.39, 0.29) is 11.2 Å². The largest absolute Gasteiger partial charge is 0.298 e. The first-order chi connectivity index (χ1) is 7.38. The van der Waals surface area contributed by atoms with Crippen LogP contribution in [0.25, 0.3) is 0 Å². The average Bonchev–Trinajstić information content (AvgIpc) is 2.16. The molecule has 0 unspecified atom stereocenters. The van der Waals surface area contributed by atoms with Crippen molar-refractivity contribution in [3.63, 3.8) is 0 Å². The van der Waals surface area contributed by atoms with Gasteiger partial charge >= 0.3 is 0 Å². The van der Waals surface area contributed by atoms with E-state index in [9.17, 15) is 4.79 Å². The summed E-state index contributed by atoms with van der Waals surface area (Å²) in [6, 6.07) is 9.46. The van der Waals surface area contributed by atoms with Crippen LogP contribution in [-0.4, -0.2) is 30.8 Å². The molecule has 0 saturated carbocycles. The van der Waals surface area contributed by atoms with Crippen molar-refractivity contribution >= 4 is 5.78 Å². The fourth-order valence-electron chi connectivity index (χ4n) is 1.83. The highest BCUT2D eigenvalue weighted by atomic mass is 16.1. The molecular weight excluding hydrogens is 198 g/mol. The van der Waals surface area contributed by atoms with Gasteiger partial charge in [0, 0.05) is 12.1 Å². The lowest BCUT2D eigenvalue weighted by Crippen LogP contribution is -2.33. The van der Waals surface area contributed by atoms with Crippen LogP contribution in [0.4, 0.5) is 0 Å². The van der Waals surface area contributed by atoms with Crippen molar-refractivity contribution in [1.29, 1.82) is 0 Å². The monoisotopic (exact) mass is 219 g/mol. The van der Waals surface area contributed by atoms with Crippen LogP contribution in [0.3, 0.4) is 0 Å². The number of nitrogens with zero attached hydrogens (tertiary/aromatic N) is 1. The molecular formula is C14H21NO. The van der Waals surface area contributed by atoms with Crippen LogP contribution in [0.2, 0.25) is 0 Å². The van der Waals surface area contributed by atoms with E-state index in [1.165, 1.54) is 0 Å². The summed E-state index contributed by atoms with van der Waals surface area (Å²) < 4.78 is 0. The van der Waals surface area contributed by atoms with Crippen molar-refractivity contribution in [2.75, 3.05) is 20.1 Å². The van der Waals surface area contributed by atoms with Gasteiger partial charge in [0.05, 0.1) is 6.54 Å². The molecule has 0 aromatic heterocycles. The molecule has 0 radical (unpaired) electrons. The predicted octanol–water partition coefficient (Wildman–Crippen LogP) is 2.85. The lowest BCUT2D eigenvalue weighted by molar-refractivity contribution is 0.0927. The van der Waals surface area contributed by atoms with Gasteiger partial charge in [-0.25, -0.2) is 0 Å².